The summed E-state index contributed by atoms with van der Waals surface area (Å²) in [4.78, 5) is 48.7. The molecule has 16 heteroatoms. The zero-order chi connectivity index (χ0) is 47.8. The predicted molar refractivity (Wildman–Crippen MR) is 251 cm³/mol. The Morgan fingerprint density at radius 2 is 1.35 bits per heavy atom. The van der Waals surface area contributed by atoms with Crippen LogP contribution in [0.15, 0.2) is 86.9 Å². The topological polar surface area (TPSA) is 214 Å². The summed E-state index contributed by atoms with van der Waals surface area (Å²) >= 11 is 0. The van der Waals surface area contributed by atoms with Crippen molar-refractivity contribution < 1.29 is 33.0 Å². The highest BCUT2D eigenvalue weighted by atomic mass is 16.6. The first-order chi connectivity index (χ1) is 32.5. The number of aryl methyl sites for hydroxylation is 6. The first-order valence-corrected chi connectivity index (χ1v) is 22.7. The first-order valence-electron chi connectivity index (χ1n) is 22.7. The number of aromatic amines is 1. The summed E-state index contributed by atoms with van der Waals surface area (Å²) in [6.07, 6.45) is 10.1. The monoisotopic (exact) mass is 913 g/mol. The molecule has 0 aliphatic heterocycles. The van der Waals surface area contributed by atoms with E-state index in [9.17, 15) is 14.7 Å². The number of benzene rings is 2. The van der Waals surface area contributed by atoms with Crippen LogP contribution in [0.3, 0.4) is 0 Å². The van der Waals surface area contributed by atoms with Gasteiger partial charge < -0.3 is 28.4 Å². The summed E-state index contributed by atoms with van der Waals surface area (Å²) in [5.41, 5.74) is 8.35. The number of hydrogen-bond donors (Lipinski definition) is 2. The molecule has 7 aromatic heterocycles. The molecule has 68 heavy (non-hydrogen) atoms. The van der Waals surface area contributed by atoms with Gasteiger partial charge >= 0.3 is 6.09 Å². The molecule has 7 heterocycles. The van der Waals surface area contributed by atoms with Crippen LogP contribution < -0.4 is 0 Å². The van der Waals surface area contributed by atoms with Gasteiger partial charge in [0.15, 0.2) is 5.78 Å². The highest BCUT2D eigenvalue weighted by molar-refractivity contribution is 6.16. The maximum Gasteiger partial charge on any atom is 0.420 e. The summed E-state index contributed by atoms with van der Waals surface area (Å²) in [7, 11) is 0. The number of aliphatic hydroxyl groups is 1. The first kappa shape index (κ1) is 44.3. The number of rotatable bonds is 9. The molecular weight excluding hydrogens is 863 g/mol. The SMILES string of the molecule is Cc1noc(C)c1-c1cc(C(=O)c2cccnc2)c2nc(C3CC3)n(C(=O)OC(C)(C)C)c2c1.Cc1noc(C)c1-c1cc(C(O)(c2cccnc2)c2c(C)noc2C)c2nc(C3CC3)[nH]c2c1. The minimum absolute atomic E-state index is 0.156. The lowest BCUT2D eigenvalue weighted by Crippen LogP contribution is -2.31. The second-order valence-electron chi connectivity index (χ2n) is 18.9. The van der Waals surface area contributed by atoms with E-state index in [-0.39, 0.29) is 11.7 Å². The molecule has 0 radical (unpaired) electrons. The maximum atomic E-state index is 13.6. The van der Waals surface area contributed by atoms with Crippen molar-refractivity contribution in [3.8, 4) is 22.3 Å². The molecule has 0 saturated heterocycles. The zero-order valence-corrected chi connectivity index (χ0v) is 39.4. The van der Waals surface area contributed by atoms with Crippen LogP contribution in [0.1, 0.15) is 137 Å². The van der Waals surface area contributed by atoms with Gasteiger partial charge in [-0.3, -0.25) is 14.8 Å². The van der Waals surface area contributed by atoms with Crippen molar-refractivity contribution in [3.05, 3.63) is 147 Å². The molecule has 11 rings (SSSR count). The highest BCUT2D eigenvalue weighted by Crippen LogP contribution is 2.47. The van der Waals surface area contributed by atoms with Crippen LogP contribution in [-0.2, 0) is 10.3 Å². The molecule has 2 aliphatic carbocycles. The fourth-order valence-electron chi connectivity index (χ4n) is 9.19. The van der Waals surface area contributed by atoms with E-state index in [4.69, 9.17) is 28.3 Å². The fourth-order valence-corrected chi connectivity index (χ4v) is 9.19. The van der Waals surface area contributed by atoms with Gasteiger partial charge in [0.05, 0.1) is 44.8 Å². The Balaban J connectivity index is 0.000000159. The number of carbonyl (C=O) groups excluding carboxylic acids is 2. The van der Waals surface area contributed by atoms with Crippen molar-refractivity contribution >= 4 is 33.9 Å². The Labute approximate surface area is 391 Å². The number of aromatic nitrogens is 9. The Hall–Kier alpha value is -7.59. The number of carbonyl (C=O) groups is 2. The van der Waals surface area contributed by atoms with E-state index < -0.39 is 17.3 Å². The van der Waals surface area contributed by atoms with Crippen LogP contribution in [0.4, 0.5) is 4.79 Å². The van der Waals surface area contributed by atoms with Crippen molar-refractivity contribution in [1.82, 2.24) is 45.0 Å². The molecule has 2 fully saturated rings. The van der Waals surface area contributed by atoms with Gasteiger partial charge in [-0.25, -0.2) is 19.3 Å². The number of nitrogens with zero attached hydrogens (tertiary/aromatic N) is 8. The third kappa shape index (κ3) is 7.87. The lowest BCUT2D eigenvalue weighted by Gasteiger charge is -2.30. The Morgan fingerprint density at radius 1 is 0.735 bits per heavy atom. The third-order valence-corrected chi connectivity index (χ3v) is 12.6. The number of fused-ring (bicyclic) bond motifs is 2. The van der Waals surface area contributed by atoms with Crippen LogP contribution in [0.2, 0.25) is 0 Å². The summed E-state index contributed by atoms with van der Waals surface area (Å²) in [5, 5.41) is 25.0. The minimum atomic E-state index is -1.59. The van der Waals surface area contributed by atoms with Gasteiger partial charge in [0.2, 0.25) is 0 Å². The largest absolute Gasteiger partial charge is 0.443 e. The van der Waals surface area contributed by atoms with E-state index in [1.165, 1.54) is 10.8 Å². The number of imidazole rings is 2. The quantitative estimate of drug-likeness (QED) is 0.129. The van der Waals surface area contributed by atoms with Crippen LogP contribution in [0, 0.1) is 41.5 Å². The molecule has 2 saturated carbocycles. The van der Waals surface area contributed by atoms with Gasteiger partial charge in [-0.1, -0.05) is 21.5 Å². The Bertz CT molecular complexity index is 3340. The smallest absolute Gasteiger partial charge is 0.420 e. The Kier molecular flexibility index (Phi) is 10.8. The summed E-state index contributed by atoms with van der Waals surface area (Å²) in [6, 6.07) is 14.8. The molecule has 0 spiro atoms. The molecule has 2 N–H and O–H groups in total. The van der Waals surface area contributed by atoms with Gasteiger partial charge in [0.25, 0.3) is 0 Å². The van der Waals surface area contributed by atoms with Crippen LogP contribution in [-0.4, -0.2) is 67.5 Å². The van der Waals surface area contributed by atoms with Crippen molar-refractivity contribution in [2.24, 2.45) is 0 Å². The molecular formula is C52H51N9O7. The highest BCUT2D eigenvalue weighted by Gasteiger charge is 2.43. The van der Waals surface area contributed by atoms with Crippen LogP contribution in [0.5, 0.6) is 0 Å². The second-order valence-corrected chi connectivity index (χ2v) is 18.9. The standard InChI is InChI=1S/C26H25N5O3.C26H26N4O4/c1-13-22(15(3)33-30-13)18-10-20(24-21(11-18)28-25(29-24)17-7-8-17)26(32,19-6-5-9-27-12-19)23-14(2)31-34-16(23)4;1-14-21(15(2)34-29-14)18-11-19(23(31)17-7-6-10-27-13-17)22-20(12-18)30(24(28-22)16-8-9-16)25(32)33-26(3,4)5/h5-6,9-12,17,32H,7-8H2,1-4H3,(H,28,29);6-7,10-13,16H,8-9H2,1-5H3. The lowest BCUT2D eigenvalue weighted by atomic mass is 9.78. The van der Waals surface area contributed by atoms with E-state index in [1.54, 1.807) is 36.8 Å². The van der Waals surface area contributed by atoms with Crippen LogP contribution >= 0.6 is 0 Å². The molecule has 1 unspecified atom stereocenters. The zero-order valence-electron chi connectivity index (χ0n) is 39.4. The average molecular weight is 914 g/mol. The minimum Gasteiger partial charge on any atom is -0.443 e. The number of ether oxygens (including phenoxy) is 1. The van der Waals surface area contributed by atoms with Gasteiger partial charge in [0.1, 0.15) is 45.6 Å². The normalized spacial score (nSPS) is 14.8. The summed E-state index contributed by atoms with van der Waals surface area (Å²) in [5.74, 6) is 3.81. The number of hydrogen-bond acceptors (Lipinski definition) is 14. The van der Waals surface area contributed by atoms with E-state index in [0.717, 1.165) is 65.0 Å². The van der Waals surface area contributed by atoms with Gasteiger partial charge in [-0.2, -0.15) is 0 Å². The number of pyridine rings is 2. The number of ketones is 1. The van der Waals surface area contributed by atoms with E-state index in [1.807, 2.05) is 86.6 Å². The molecule has 2 aromatic carbocycles. The summed E-state index contributed by atoms with van der Waals surface area (Å²) < 4.78 is 23.6. The van der Waals surface area contributed by atoms with E-state index in [2.05, 4.69) is 36.5 Å². The van der Waals surface area contributed by atoms with Crippen molar-refractivity contribution in [2.45, 2.75) is 111 Å². The van der Waals surface area contributed by atoms with Crippen molar-refractivity contribution in [1.29, 1.82) is 0 Å². The second kappa shape index (κ2) is 16.6. The van der Waals surface area contributed by atoms with Crippen molar-refractivity contribution in [3.63, 3.8) is 0 Å². The molecule has 0 amide bonds. The van der Waals surface area contributed by atoms with Gasteiger partial charge in [-0.05, 0) is 142 Å². The number of nitrogens with one attached hydrogen (secondary N) is 1. The molecule has 1 atom stereocenters. The van der Waals surface area contributed by atoms with Gasteiger partial charge in [-0.15, -0.1) is 0 Å². The van der Waals surface area contributed by atoms with Crippen molar-refractivity contribution in [2.75, 3.05) is 0 Å². The molecule has 0 bridgehead atoms. The van der Waals surface area contributed by atoms with E-state index >= 15 is 0 Å². The predicted octanol–water partition coefficient (Wildman–Crippen LogP) is 10.6. The average Bonchev–Trinajstić information content (AvgIpc) is 4.16. The Morgan fingerprint density at radius 3 is 1.90 bits per heavy atom. The summed E-state index contributed by atoms with van der Waals surface area (Å²) in [6.45, 7) is 16.6. The fraction of sp³-hybridized carbons (Fsp3) is 0.327. The lowest BCUT2D eigenvalue weighted by molar-refractivity contribution is 0.0538. The van der Waals surface area contributed by atoms with Crippen LogP contribution in [0.25, 0.3) is 44.3 Å². The maximum absolute atomic E-state index is 13.6. The van der Waals surface area contributed by atoms with Gasteiger partial charge in [0, 0.05) is 64.4 Å². The third-order valence-electron chi connectivity index (χ3n) is 12.6. The molecule has 9 aromatic rings. The molecule has 346 valence electrons. The molecule has 2 aliphatic rings. The number of H-pyrrole nitrogens is 1. The molecule has 16 nitrogen and oxygen atoms in total. The van der Waals surface area contributed by atoms with E-state index in [0.29, 0.717) is 84.8 Å².